The molecule has 1 unspecified atom stereocenters. The second kappa shape index (κ2) is 7.24. The minimum Gasteiger partial charge on any atom is -0.507 e. The number of pyridine rings is 1. The Hall–Kier alpha value is -3.92. The normalized spacial score (nSPS) is 18.2. The molecule has 1 aliphatic heterocycles. The molecule has 1 fully saturated rings. The van der Waals surface area contributed by atoms with Crippen LogP contribution in [0, 0.1) is 10.1 Å². The summed E-state index contributed by atoms with van der Waals surface area (Å²) in [5.74, 6) is -2.05. The molecule has 1 aromatic carbocycles. The lowest BCUT2D eigenvalue weighted by atomic mass is 9.95. The number of nitro groups is 1. The van der Waals surface area contributed by atoms with Crippen LogP contribution in [-0.4, -0.2) is 31.7 Å². The van der Waals surface area contributed by atoms with Gasteiger partial charge in [0.1, 0.15) is 5.76 Å². The zero-order valence-electron chi connectivity index (χ0n) is 14.6. The van der Waals surface area contributed by atoms with Gasteiger partial charge in [-0.1, -0.05) is 0 Å². The lowest BCUT2D eigenvalue weighted by Gasteiger charge is -2.22. The molecule has 0 saturated carbocycles. The molecule has 0 aliphatic carbocycles. The van der Waals surface area contributed by atoms with Crippen molar-refractivity contribution >= 4 is 39.6 Å². The molecule has 3 heterocycles. The van der Waals surface area contributed by atoms with Crippen LogP contribution in [0.4, 0.5) is 10.8 Å². The maximum atomic E-state index is 12.8. The number of aliphatic hydroxyl groups is 1. The van der Waals surface area contributed by atoms with Gasteiger partial charge in [-0.05, 0) is 29.8 Å². The summed E-state index contributed by atoms with van der Waals surface area (Å²) in [6.07, 6.45) is 4.40. The van der Waals surface area contributed by atoms with Crippen LogP contribution in [0.5, 0.6) is 0 Å². The molecular weight excluding hydrogens is 396 g/mol. The van der Waals surface area contributed by atoms with Crippen molar-refractivity contribution in [3.63, 3.8) is 0 Å². The van der Waals surface area contributed by atoms with Crippen molar-refractivity contribution in [1.82, 2.24) is 9.97 Å². The smallest absolute Gasteiger partial charge is 0.301 e. The number of aromatic nitrogens is 2. The van der Waals surface area contributed by atoms with E-state index < -0.39 is 22.7 Å². The molecule has 0 bridgehead atoms. The van der Waals surface area contributed by atoms with Crippen molar-refractivity contribution in [2.45, 2.75) is 6.04 Å². The van der Waals surface area contributed by atoms with Crippen molar-refractivity contribution < 1.29 is 19.6 Å². The van der Waals surface area contributed by atoms with Gasteiger partial charge in [0, 0.05) is 41.7 Å². The second-order valence-electron chi connectivity index (χ2n) is 6.07. The topological polar surface area (TPSA) is 127 Å². The van der Waals surface area contributed by atoms with Gasteiger partial charge in [-0.15, -0.1) is 11.3 Å². The second-order valence-corrected chi connectivity index (χ2v) is 6.94. The zero-order valence-corrected chi connectivity index (χ0v) is 15.4. The van der Waals surface area contributed by atoms with Crippen LogP contribution in [-0.2, 0) is 9.59 Å². The fraction of sp³-hybridized carbons (Fsp3) is 0.0526. The third kappa shape index (κ3) is 3.15. The van der Waals surface area contributed by atoms with Gasteiger partial charge in [-0.3, -0.25) is 29.6 Å². The van der Waals surface area contributed by atoms with Crippen LogP contribution in [0.25, 0.3) is 5.76 Å². The van der Waals surface area contributed by atoms with Gasteiger partial charge in [0.05, 0.1) is 16.5 Å². The number of amides is 1. The molecule has 9 nitrogen and oxygen atoms in total. The number of thiazole rings is 1. The number of carbonyl (C=O) groups is 2. The number of hydrogen-bond acceptors (Lipinski definition) is 8. The van der Waals surface area contributed by atoms with Crippen LogP contribution in [0.2, 0.25) is 0 Å². The number of carbonyl (C=O) groups excluding carboxylic acids is 2. The molecule has 1 N–H and O–H groups in total. The van der Waals surface area contributed by atoms with E-state index in [-0.39, 0.29) is 22.2 Å². The van der Waals surface area contributed by atoms with E-state index in [4.69, 9.17) is 0 Å². The highest BCUT2D eigenvalue weighted by Crippen LogP contribution is 2.42. The first-order valence-corrected chi connectivity index (χ1v) is 9.22. The summed E-state index contributed by atoms with van der Waals surface area (Å²) in [5.41, 5.74) is 0.504. The van der Waals surface area contributed by atoms with Gasteiger partial charge < -0.3 is 5.11 Å². The molecule has 29 heavy (non-hydrogen) atoms. The first kappa shape index (κ1) is 18.4. The number of nitro benzene ring substituents is 1. The summed E-state index contributed by atoms with van der Waals surface area (Å²) < 4.78 is 0. The first-order valence-electron chi connectivity index (χ1n) is 8.34. The number of nitrogens with zero attached hydrogens (tertiary/aromatic N) is 4. The zero-order chi connectivity index (χ0) is 20.5. The number of Topliss-reactive ketones (excluding diaryl/α,β-unsaturated/α-hetero) is 1. The van der Waals surface area contributed by atoms with Gasteiger partial charge in [0.2, 0.25) is 0 Å². The fourth-order valence-electron chi connectivity index (χ4n) is 3.12. The molecule has 10 heteroatoms. The van der Waals surface area contributed by atoms with Gasteiger partial charge in [0.15, 0.2) is 5.13 Å². The molecule has 4 rings (SSSR count). The molecule has 1 saturated heterocycles. The van der Waals surface area contributed by atoms with Crippen molar-refractivity contribution in [2.75, 3.05) is 4.90 Å². The predicted octanol–water partition coefficient (Wildman–Crippen LogP) is 3.07. The molecule has 1 atom stereocenters. The standard InChI is InChI=1S/C19H12N4O5S/c24-16(12-5-7-20-8-6-12)14-15(11-1-3-13(4-2-11)23(27)28)22(18(26)17(14)25)19-21-9-10-29-19/h1-10,15,24H. The predicted molar refractivity (Wildman–Crippen MR) is 104 cm³/mol. The van der Waals surface area contributed by atoms with Crippen LogP contribution in [0.15, 0.2) is 65.9 Å². The van der Waals surface area contributed by atoms with E-state index in [0.29, 0.717) is 11.1 Å². The number of hydrogen-bond donors (Lipinski definition) is 1. The Morgan fingerprint density at radius 1 is 1.10 bits per heavy atom. The Kier molecular flexibility index (Phi) is 4.61. The Labute approximate surface area is 167 Å². The number of anilines is 1. The Bertz CT molecular complexity index is 1130. The Balaban J connectivity index is 1.92. The maximum Gasteiger partial charge on any atom is 0.301 e. The van der Waals surface area contributed by atoms with Gasteiger partial charge in [-0.2, -0.15) is 0 Å². The van der Waals surface area contributed by atoms with Gasteiger partial charge >= 0.3 is 5.91 Å². The molecule has 2 aromatic heterocycles. The quantitative estimate of drug-likeness (QED) is 0.231. The van der Waals surface area contributed by atoms with E-state index >= 15 is 0 Å². The lowest BCUT2D eigenvalue weighted by Crippen LogP contribution is -2.29. The van der Waals surface area contributed by atoms with E-state index in [0.717, 1.165) is 11.3 Å². The highest BCUT2D eigenvalue weighted by molar-refractivity contribution is 7.14. The van der Waals surface area contributed by atoms with Crippen LogP contribution in [0.1, 0.15) is 17.2 Å². The summed E-state index contributed by atoms with van der Waals surface area (Å²) in [4.78, 5) is 45.2. The average molecular weight is 408 g/mol. The summed E-state index contributed by atoms with van der Waals surface area (Å²) in [7, 11) is 0. The van der Waals surface area contributed by atoms with E-state index in [9.17, 15) is 24.8 Å². The largest absolute Gasteiger partial charge is 0.507 e. The lowest BCUT2D eigenvalue weighted by molar-refractivity contribution is -0.384. The fourth-order valence-corrected chi connectivity index (χ4v) is 3.79. The van der Waals surface area contributed by atoms with Crippen LogP contribution < -0.4 is 4.90 Å². The van der Waals surface area contributed by atoms with Gasteiger partial charge in [0.25, 0.3) is 11.5 Å². The number of non-ortho nitro benzene ring substituents is 1. The average Bonchev–Trinajstić information content (AvgIpc) is 3.35. The molecule has 0 radical (unpaired) electrons. The first-order chi connectivity index (χ1) is 14.0. The summed E-state index contributed by atoms with van der Waals surface area (Å²) >= 11 is 1.16. The van der Waals surface area contributed by atoms with Gasteiger partial charge in [-0.25, -0.2) is 4.98 Å². The van der Waals surface area contributed by atoms with Crippen LogP contribution >= 0.6 is 11.3 Å². The number of aliphatic hydroxyl groups excluding tert-OH is 1. The molecular formula is C19H12N4O5S. The Morgan fingerprint density at radius 3 is 2.38 bits per heavy atom. The third-order valence-electron chi connectivity index (χ3n) is 4.44. The highest BCUT2D eigenvalue weighted by atomic mass is 32.1. The highest BCUT2D eigenvalue weighted by Gasteiger charge is 2.48. The molecule has 1 aliphatic rings. The maximum absolute atomic E-state index is 12.8. The van der Waals surface area contributed by atoms with Crippen molar-refractivity contribution in [3.8, 4) is 0 Å². The summed E-state index contributed by atoms with van der Waals surface area (Å²) in [5, 5.41) is 23.7. The Morgan fingerprint density at radius 2 is 1.79 bits per heavy atom. The monoisotopic (exact) mass is 408 g/mol. The minimum atomic E-state index is -0.977. The molecule has 3 aromatic rings. The van der Waals surface area contributed by atoms with Crippen molar-refractivity contribution in [3.05, 3.63) is 87.2 Å². The number of benzene rings is 1. The third-order valence-corrected chi connectivity index (χ3v) is 5.21. The number of rotatable bonds is 4. The van der Waals surface area contributed by atoms with E-state index in [1.165, 1.54) is 59.9 Å². The summed E-state index contributed by atoms with van der Waals surface area (Å²) in [6, 6.07) is 7.52. The van der Waals surface area contributed by atoms with Crippen molar-refractivity contribution in [1.29, 1.82) is 0 Å². The molecule has 0 spiro atoms. The molecule has 144 valence electrons. The minimum absolute atomic E-state index is 0.120. The van der Waals surface area contributed by atoms with E-state index in [2.05, 4.69) is 9.97 Å². The summed E-state index contributed by atoms with van der Waals surface area (Å²) in [6.45, 7) is 0. The number of ketones is 1. The van der Waals surface area contributed by atoms with Crippen LogP contribution in [0.3, 0.4) is 0 Å². The van der Waals surface area contributed by atoms with E-state index in [1.807, 2.05) is 0 Å². The molecule has 1 amide bonds. The van der Waals surface area contributed by atoms with E-state index in [1.54, 1.807) is 5.38 Å². The van der Waals surface area contributed by atoms with Crippen molar-refractivity contribution in [2.24, 2.45) is 0 Å². The SMILES string of the molecule is O=C1C(=O)N(c2nccs2)C(c2ccc([N+](=O)[O-])cc2)C1=C(O)c1ccncc1.